The van der Waals surface area contributed by atoms with E-state index >= 15 is 0 Å². The highest BCUT2D eigenvalue weighted by atomic mass is 35.5. The zero-order valence-corrected chi connectivity index (χ0v) is 14.5. The second-order valence-corrected chi connectivity index (χ2v) is 6.65. The normalized spacial score (nSPS) is 18.5. The first-order valence-electron chi connectivity index (χ1n) is 8.00. The van der Waals surface area contributed by atoms with Crippen molar-refractivity contribution in [3.8, 4) is 0 Å². The minimum Gasteiger partial charge on any atom is -0.370 e. The first-order chi connectivity index (χ1) is 11.0. The van der Waals surface area contributed by atoms with Gasteiger partial charge in [-0.05, 0) is 30.5 Å². The number of benzene rings is 1. The summed E-state index contributed by atoms with van der Waals surface area (Å²) in [5.74, 6) is 2.20. The van der Waals surface area contributed by atoms with E-state index in [2.05, 4.69) is 34.8 Å². The van der Waals surface area contributed by atoms with Gasteiger partial charge in [0.15, 0.2) is 0 Å². The van der Waals surface area contributed by atoms with Gasteiger partial charge in [-0.1, -0.05) is 37.6 Å². The first kappa shape index (κ1) is 16.2. The van der Waals surface area contributed by atoms with Crippen LogP contribution in [0.2, 0.25) is 5.02 Å². The lowest BCUT2D eigenvalue weighted by Crippen LogP contribution is -2.39. The second-order valence-electron chi connectivity index (χ2n) is 6.21. The third-order valence-corrected chi connectivity index (χ3v) is 4.32. The van der Waals surface area contributed by atoms with Crippen LogP contribution < -0.4 is 4.90 Å². The number of aryl methyl sites for hydroxylation is 1. The number of hydrogen-bond acceptors (Lipinski definition) is 4. The molecule has 0 unspecified atom stereocenters. The zero-order valence-electron chi connectivity index (χ0n) is 13.8. The molecule has 1 saturated heterocycles. The number of nitrogens with zero attached hydrogens (tertiary/aromatic N) is 3. The maximum Gasteiger partial charge on any atom is 0.132 e. The lowest BCUT2D eigenvalue weighted by atomic mass is 10.1. The second kappa shape index (κ2) is 6.85. The Morgan fingerprint density at radius 2 is 1.96 bits per heavy atom. The van der Waals surface area contributed by atoms with Gasteiger partial charge in [0.2, 0.25) is 0 Å². The largest absolute Gasteiger partial charge is 0.370 e. The van der Waals surface area contributed by atoms with E-state index in [0.717, 1.165) is 41.0 Å². The molecule has 0 aliphatic carbocycles. The van der Waals surface area contributed by atoms with Crippen molar-refractivity contribution in [2.24, 2.45) is 0 Å². The lowest BCUT2D eigenvalue weighted by Gasteiger charge is -2.34. The van der Waals surface area contributed by atoms with Crippen molar-refractivity contribution in [2.75, 3.05) is 24.6 Å². The number of hydrogen-bond donors (Lipinski definition) is 0. The molecule has 1 aromatic heterocycles. The summed E-state index contributed by atoms with van der Waals surface area (Å²) in [6.45, 7) is 8.58. The van der Waals surface area contributed by atoms with Gasteiger partial charge in [0, 0.05) is 29.9 Å². The van der Waals surface area contributed by atoms with Crippen LogP contribution in [0.4, 0.5) is 5.82 Å². The number of rotatable bonds is 3. The standard InChI is InChI=1S/C18H22ClN3O/c1-12(2)16-10-18(21-13(3)20-16)22-8-9-23-17(11-22)14-4-6-15(19)7-5-14/h4-7,10,12,17H,8-9,11H2,1-3H3/t17-/m1/s1. The smallest absolute Gasteiger partial charge is 0.132 e. The summed E-state index contributed by atoms with van der Waals surface area (Å²) in [7, 11) is 0. The molecule has 1 aliphatic heterocycles. The Morgan fingerprint density at radius 1 is 1.22 bits per heavy atom. The average molecular weight is 332 g/mol. The van der Waals surface area contributed by atoms with Gasteiger partial charge in [-0.15, -0.1) is 0 Å². The minimum absolute atomic E-state index is 0.0405. The van der Waals surface area contributed by atoms with Crippen molar-refractivity contribution in [3.63, 3.8) is 0 Å². The number of halogens is 1. The van der Waals surface area contributed by atoms with E-state index < -0.39 is 0 Å². The summed E-state index contributed by atoms with van der Waals surface area (Å²) in [4.78, 5) is 11.4. The van der Waals surface area contributed by atoms with Gasteiger partial charge in [0.1, 0.15) is 17.7 Å². The van der Waals surface area contributed by atoms with Crippen LogP contribution in [0.3, 0.4) is 0 Å². The fourth-order valence-electron chi connectivity index (χ4n) is 2.77. The number of ether oxygens (including phenoxy) is 1. The van der Waals surface area contributed by atoms with Crippen molar-refractivity contribution in [2.45, 2.75) is 32.8 Å². The molecule has 23 heavy (non-hydrogen) atoms. The molecule has 0 spiro atoms. The van der Waals surface area contributed by atoms with Crippen molar-refractivity contribution in [1.82, 2.24) is 9.97 Å². The van der Waals surface area contributed by atoms with Crippen LogP contribution >= 0.6 is 11.6 Å². The van der Waals surface area contributed by atoms with Crippen LogP contribution in [0.1, 0.15) is 43.0 Å². The molecule has 0 saturated carbocycles. The van der Waals surface area contributed by atoms with Crippen molar-refractivity contribution >= 4 is 17.4 Å². The monoisotopic (exact) mass is 331 g/mol. The van der Waals surface area contributed by atoms with E-state index in [0.29, 0.717) is 12.5 Å². The number of morpholine rings is 1. The molecule has 0 amide bonds. The quantitative estimate of drug-likeness (QED) is 0.847. The molecule has 0 bridgehead atoms. The zero-order chi connectivity index (χ0) is 16.4. The average Bonchev–Trinajstić information content (AvgIpc) is 2.55. The molecule has 3 rings (SSSR count). The highest BCUT2D eigenvalue weighted by molar-refractivity contribution is 6.30. The van der Waals surface area contributed by atoms with E-state index in [9.17, 15) is 0 Å². The predicted octanol–water partition coefficient (Wildman–Crippen LogP) is 4.14. The molecule has 4 nitrogen and oxygen atoms in total. The van der Waals surface area contributed by atoms with Gasteiger partial charge in [-0.2, -0.15) is 0 Å². The van der Waals surface area contributed by atoms with Crippen molar-refractivity contribution < 1.29 is 4.74 Å². The highest BCUT2D eigenvalue weighted by Gasteiger charge is 2.23. The maximum atomic E-state index is 5.97. The van der Waals surface area contributed by atoms with Crippen LogP contribution in [0.15, 0.2) is 30.3 Å². The van der Waals surface area contributed by atoms with Crippen LogP contribution in [0.25, 0.3) is 0 Å². The SMILES string of the molecule is Cc1nc(C(C)C)cc(N2CCO[C@@H](c3ccc(Cl)cc3)C2)n1. The van der Waals surface area contributed by atoms with E-state index in [4.69, 9.17) is 16.3 Å². The van der Waals surface area contributed by atoms with E-state index in [1.54, 1.807) is 0 Å². The topological polar surface area (TPSA) is 38.2 Å². The molecule has 2 heterocycles. The third kappa shape index (κ3) is 3.82. The summed E-state index contributed by atoms with van der Waals surface area (Å²) < 4.78 is 5.94. The molecular weight excluding hydrogens is 310 g/mol. The fraction of sp³-hybridized carbons (Fsp3) is 0.444. The third-order valence-electron chi connectivity index (χ3n) is 4.07. The van der Waals surface area contributed by atoms with Gasteiger partial charge in [-0.3, -0.25) is 0 Å². The predicted molar refractivity (Wildman–Crippen MR) is 93.2 cm³/mol. The number of anilines is 1. The molecule has 122 valence electrons. The lowest BCUT2D eigenvalue weighted by molar-refractivity contribution is 0.0395. The Morgan fingerprint density at radius 3 is 2.65 bits per heavy atom. The summed E-state index contributed by atoms with van der Waals surface area (Å²) >= 11 is 5.97. The van der Waals surface area contributed by atoms with Gasteiger partial charge in [0.25, 0.3) is 0 Å². The van der Waals surface area contributed by atoms with E-state index in [1.165, 1.54) is 0 Å². The molecule has 5 heteroatoms. The Hall–Kier alpha value is -1.65. The van der Waals surface area contributed by atoms with Crippen molar-refractivity contribution in [1.29, 1.82) is 0 Å². The highest BCUT2D eigenvalue weighted by Crippen LogP contribution is 2.27. The maximum absolute atomic E-state index is 5.97. The van der Waals surface area contributed by atoms with Crippen LogP contribution in [0.5, 0.6) is 0 Å². The first-order valence-corrected chi connectivity index (χ1v) is 8.38. The molecule has 1 atom stereocenters. The summed E-state index contributed by atoms with van der Waals surface area (Å²) in [6.07, 6.45) is 0.0405. The Kier molecular flexibility index (Phi) is 4.83. The van der Waals surface area contributed by atoms with Gasteiger partial charge >= 0.3 is 0 Å². The number of aromatic nitrogens is 2. The molecule has 2 aromatic rings. The molecule has 1 aliphatic rings. The van der Waals surface area contributed by atoms with Crippen LogP contribution in [0, 0.1) is 6.92 Å². The van der Waals surface area contributed by atoms with Crippen molar-refractivity contribution in [3.05, 3.63) is 52.4 Å². The Bertz CT molecular complexity index is 672. The van der Waals surface area contributed by atoms with Gasteiger partial charge in [0.05, 0.1) is 6.61 Å². The summed E-state index contributed by atoms with van der Waals surface area (Å²) in [5, 5.41) is 0.745. The Labute approximate surface area is 142 Å². The molecule has 0 radical (unpaired) electrons. The Balaban J connectivity index is 1.82. The molecular formula is C18H22ClN3O. The summed E-state index contributed by atoms with van der Waals surface area (Å²) in [5.41, 5.74) is 2.23. The minimum atomic E-state index is 0.0405. The molecule has 0 N–H and O–H groups in total. The van der Waals surface area contributed by atoms with Crippen LogP contribution in [-0.4, -0.2) is 29.7 Å². The molecule has 1 fully saturated rings. The van der Waals surface area contributed by atoms with Gasteiger partial charge < -0.3 is 9.64 Å². The fourth-order valence-corrected chi connectivity index (χ4v) is 2.89. The van der Waals surface area contributed by atoms with Crippen LogP contribution in [-0.2, 0) is 4.74 Å². The van der Waals surface area contributed by atoms with E-state index in [1.807, 2.05) is 31.2 Å². The van der Waals surface area contributed by atoms with E-state index in [-0.39, 0.29) is 6.10 Å². The summed E-state index contributed by atoms with van der Waals surface area (Å²) in [6, 6.07) is 9.97. The van der Waals surface area contributed by atoms with Gasteiger partial charge in [-0.25, -0.2) is 9.97 Å². The molecule has 1 aromatic carbocycles.